The molecule has 0 aliphatic carbocycles. The van der Waals surface area contributed by atoms with Crippen molar-refractivity contribution in [3.05, 3.63) is 12.2 Å². The molecule has 0 radical (unpaired) electrons. The number of rotatable bonds is 38. The second kappa shape index (κ2) is 39.2. The molecule has 7 nitrogen and oxygen atoms in total. The number of nitrogens with zero attached hydrogens (tertiary/aromatic N) is 1. The van der Waals surface area contributed by atoms with Crippen LogP contribution in [0.15, 0.2) is 12.2 Å². The lowest BCUT2D eigenvalue weighted by Crippen LogP contribution is -2.29. The van der Waals surface area contributed by atoms with E-state index in [1.807, 2.05) is 0 Å². The molecule has 0 atom stereocenters. The summed E-state index contributed by atoms with van der Waals surface area (Å²) in [7, 11) is 0. The van der Waals surface area contributed by atoms with Gasteiger partial charge in [0.15, 0.2) is 0 Å². The quantitative estimate of drug-likeness (QED) is 0.0391. The van der Waals surface area contributed by atoms with Crippen molar-refractivity contribution in [1.82, 2.24) is 4.90 Å². The molecule has 0 fully saturated rings. The molecule has 0 aliphatic heterocycles. The number of ether oxygens (including phenoxy) is 3. The van der Waals surface area contributed by atoms with Crippen molar-refractivity contribution in [3.63, 3.8) is 0 Å². The van der Waals surface area contributed by atoms with Gasteiger partial charge in [-0.1, -0.05) is 129 Å². The smallest absolute Gasteiger partial charge is 0.462 e. The van der Waals surface area contributed by atoms with E-state index < -0.39 is 6.16 Å². The number of aliphatic hydroxyl groups is 1. The molecule has 0 aromatic carbocycles. The lowest BCUT2D eigenvalue weighted by Gasteiger charge is -2.21. The van der Waals surface area contributed by atoms with Gasteiger partial charge in [0.2, 0.25) is 0 Å². The maximum atomic E-state index is 12.7. The van der Waals surface area contributed by atoms with Crippen LogP contribution in [0, 0.1) is 0 Å². The zero-order chi connectivity index (χ0) is 35.9. The van der Waals surface area contributed by atoms with Crippen molar-refractivity contribution in [2.24, 2.45) is 0 Å². The average Bonchev–Trinajstić information content (AvgIpc) is 3.09. The molecule has 0 rings (SSSR count). The van der Waals surface area contributed by atoms with Gasteiger partial charge in [0.1, 0.15) is 6.10 Å². The minimum absolute atomic E-state index is 0.000646. The van der Waals surface area contributed by atoms with E-state index in [0.29, 0.717) is 26.2 Å². The Morgan fingerprint density at radius 3 is 1.65 bits per heavy atom. The Morgan fingerprint density at radius 1 is 0.551 bits per heavy atom. The van der Waals surface area contributed by atoms with Crippen LogP contribution in [0.2, 0.25) is 0 Å². The molecule has 49 heavy (non-hydrogen) atoms. The molecule has 0 amide bonds. The maximum absolute atomic E-state index is 12.7. The number of allylic oxidation sites excluding steroid dienone is 1. The molecule has 0 saturated carbocycles. The first-order valence-electron chi connectivity index (χ1n) is 21.0. The summed E-state index contributed by atoms with van der Waals surface area (Å²) >= 11 is 0. The number of carbonyl (C=O) groups is 2. The second-order valence-electron chi connectivity index (χ2n) is 14.1. The molecule has 0 heterocycles. The third-order valence-electron chi connectivity index (χ3n) is 9.31. The van der Waals surface area contributed by atoms with Crippen molar-refractivity contribution in [1.29, 1.82) is 0 Å². The molecule has 0 aromatic heterocycles. The number of hydrogen-bond acceptors (Lipinski definition) is 7. The number of unbranched alkanes of at least 4 members (excludes halogenated alkanes) is 19. The van der Waals surface area contributed by atoms with Crippen molar-refractivity contribution in [3.8, 4) is 0 Å². The van der Waals surface area contributed by atoms with Gasteiger partial charge in [0.25, 0.3) is 0 Å². The van der Waals surface area contributed by atoms with Crippen LogP contribution in [-0.2, 0) is 19.0 Å². The van der Waals surface area contributed by atoms with E-state index in [4.69, 9.17) is 14.2 Å². The molecule has 290 valence electrons. The molecule has 0 aliphatic rings. The van der Waals surface area contributed by atoms with Gasteiger partial charge in [-0.05, 0) is 90.1 Å². The normalized spacial score (nSPS) is 11.6. The number of aliphatic hydroxyl groups excluding tert-OH is 1. The van der Waals surface area contributed by atoms with Gasteiger partial charge in [0.05, 0.1) is 19.8 Å². The third kappa shape index (κ3) is 36.0. The van der Waals surface area contributed by atoms with Gasteiger partial charge in [-0.2, -0.15) is 0 Å². The van der Waals surface area contributed by atoms with Crippen LogP contribution < -0.4 is 0 Å². The van der Waals surface area contributed by atoms with Gasteiger partial charge in [-0.15, -0.1) is 0 Å². The second-order valence-corrected chi connectivity index (χ2v) is 14.1. The zero-order valence-corrected chi connectivity index (χ0v) is 32.7. The Hall–Kier alpha value is -1.60. The van der Waals surface area contributed by atoms with Crippen molar-refractivity contribution in [2.45, 2.75) is 207 Å². The Balaban J connectivity index is 3.99. The summed E-state index contributed by atoms with van der Waals surface area (Å²) in [4.78, 5) is 26.7. The fourth-order valence-electron chi connectivity index (χ4n) is 6.19. The summed E-state index contributed by atoms with van der Waals surface area (Å²) in [6.45, 7) is 10.3. The summed E-state index contributed by atoms with van der Waals surface area (Å²) in [6.07, 6.45) is 35.3. The van der Waals surface area contributed by atoms with Crippen LogP contribution >= 0.6 is 0 Å². The van der Waals surface area contributed by atoms with E-state index in [0.717, 1.165) is 90.1 Å². The summed E-state index contributed by atoms with van der Waals surface area (Å²) in [5.74, 6) is -0.000646. The molecular weight excluding hydrogens is 614 g/mol. The van der Waals surface area contributed by atoms with Gasteiger partial charge < -0.3 is 24.2 Å². The monoisotopic (exact) mass is 696 g/mol. The van der Waals surface area contributed by atoms with Gasteiger partial charge in [-0.25, -0.2) is 4.79 Å². The summed E-state index contributed by atoms with van der Waals surface area (Å²) in [6, 6.07) is 0. The molecule has 1 N–H and O–H groups in total. The topological polar surface area (TPSA) is 85.3 Å². The average molecular weight is 696 g/mol. The number of hydrogen-bond donors (Lipinski definition) is 1. The molecule has 7 heteroatoms. The Morgan fingerprint density at radius 2 is 1.04 bits per heavy atom. The SMILES string of the molecule is CCCCC/C=C\CCOC(=O)OCCCCCN(CCO)CCCCCCCC(=O)OC(CCCCCCCC)CCCCCCCC. The first kappa shape index (κ1) is 47.4. The van der Waals surface area contributed by atoms with Gasteiger partial charge in [0, 0.05) is 13.0 Å². The lowest BCUT2D eigenvalue weighted by atomic mass is 10.0. The zero-order valence-electron chi connectivity index (χ0n) is 32.7. The molecule has 0 spiro atoms. The van der Waals surface area contributed by atoms with E-state index in [1.54, 1.807) is 0 Å². The molecule has 0 bridgehead atoms. The Bertz CT molecular complexity index is 714. The van der Waals surface area contributed by atoms with Gasteiger partial charge >= 0.3 is 12.1 Å². The van der Waals surface area contributed by atoms with E-state index in [-0.39, 0.29) is 18.7 Å². The Labute approximate surface area is 303 Å². The van der Waals surface area contributed by atoms with Crippen molar-refractivity contribution >= 4 is 12.1 Å². The minimum atomic E-state index is -0.575. The van der Waals surface area contributed by atoms with Crippen molar-refractivity contribution < 1.29 is 28.9 Å². The molecule has 0 unspecified atom stereocenters. The largest absolute Gasteiger partial charge is 0.508 e. The lowest BCUT2D eigenvalue weighted by molar-refractivity contribution is -0.150. The van der Waals surface area contributed by atoms with Crippen molar-refractivity contribution in [2.75, 3.05) is 39.5 Å². The first-order valence-corrected chi connectivity index (χ1v) is 21.0. The predicted molar refractivity (Wildman–Crippen MR) is 206 cm³/mol. The highest BCUT2D eigenvalue weighted by Crippen LogP contribution is 2.18. The maximum Gasteiger partial charge on any atom is 0.508 e. The van der Waals surface area contributed by atoms with Crippen LogP contribution in [0.3, 0.4) is 0 Å². The molecule has 0 aromatic rings. The fourth-order valence-corrected chi connectivity index (χ4v) is 6.19. The highest BCUT2D eigenvalue weighted by atomic mass is 16.7. The van der Waals surface area contributed by atoms with E-state index >= 15 is 0 Å². The Kier molecular flexibility index (Phi) is 37.9. The van der Waals surface area contributed by atoms with Crippen LogP contribution in [0.5, 0.6) is 0 Å². The van der Waals surface area contributed by atoms with E-state index in [9.17, 15) is 14.7 Å². The van der Waals surface area contributed by atoms with E-state index in [1.165, 1.54) is 96.3 Å². The highest BCUT2D eigenvalue weighted by Gasteiger charge is 2.14. The summed E-state index contributed by atoms with van der Waals surface area (Å²) < 4.78 is 16.3. The highest BCUT2D eigenvalue weighted by molar-refractivity contribution is 5.69. The van der Waals surface area contributed by atoms with Crippen LogP contribution in [0.1, 0.15) is 201 Å². The fraction of sp³-hybridized carbons (Fsp3) is 0.905. The molecule has 0 saturated heterocycles. The number of carbonyl (C=O) groups excluding carboxylic acids is 2. The molecular formula is C42H81NO6. The minimum Gasteiger partial charge on any atom is -0.462 e. The predicted octanol–water partition coefficient (Wildman–Crippen LogP) is 11.9. The van der Waals surface area contributed by atoms with Crippen LogP contribution in [-0.4, -0.2) is 67.7 Å². The standard InChI is InChI=1S/C42H81NO6/c1-4-7-10-13-16-22-29-38-47-42(46)48-39-30-23-28-35-43(36-37-44)34-27-21-17-20-26-33-41(45)49-40(31-24-18-14-11-8-5-2)32-25-19-15-12-9-6-3/h16,22,40,44H,4-15,17-21,23-39H2,1-3H3/b22-16-. The summed E-state index contributed by atoms with van der Waals surface area (Å²) in [5, 5.41) is 9.50. The number of esters is 1. The first-order chi connectivity index (χ1) is 24.1. The van der Waals surface area contributed by atoms with E-state index in [2.05, 4.69) is 37.8 Å². The van der Waals surface area contributed by atoms with Crippen LogP contribution in [0.4, 0.5) is 4.79 Å². The summed E-state index contributed by atoms with van der Waals surface area (Å²) in [5.41, 5.74) is 0. The van der Waals surface area contributed by atoms with Crippen LogP contribution in [0.25, 0.3) is 0 Å². The third-order valence-corrected chi connectivity index (χ3v) is 9.31. The van der Waals surface area contributed by atoms with Gasteiger partial charge in [-0.3, -0.25) is 4.79 Å².